The van der Waals surface area contributed by atoms with Crippen molar-refractivity contribution in [3.63, 3.8) is 0 Å². The standard InChI is InChI=1S/C8H14Br/c1-2-7-5-3-4-6-8(7)9/h7-8H,1-6H2. The lowest BCUT2D eigenvalue weighted by Gasteiger charge is -2.25. The van der Waals surface area contributed by atoms with Crippen molar-refractivity contribution in [2.24, 2.45) is 5.92 Å². The van der Waals surface area contributed by atoms with E-state index in [2.05, 4.69) is 22.9 Å². The fraction of sp³-hybridized carbons (Fsp3) is 0.875. The summed E-state index contributed by atoms with van der Waals surface area (Å²) in [5.74, 6) is 0.860. The Morgan fingerprint density at radius 3 is 2.44 bits per heavy atom. The third kappa shape index (κ3) is 1.96. The summed E-state index contributed by atoms with van der Waals surface area (Å²) in [6, 6.07) is 0. The van der Waals surface area contributed by atoms with Crippen LogP contribution in [0.2, 0.25) is 0 Å². The normalized spacial score (nSPS) is 36.7. The molecule has 2 atom stereocenters. The maximum absolute atomic E-state index is 3.93. The molecule has 1 aliphatic carbocycles. The topological polar surface area (TPSA) is 0 Å². The first kappa shape index (κ1) is 7.59. The minimum atomic E-state index is 0.767. The highest BCUT2D eigenvalue weighted by Crippen LogP contribution is 2.31. The van der Waals surface area contributed by atoms with Crippen LogP contribution in [0.25, 0.3) is 0 Å². The van der Waals surface area contributed by atoms with Crippen LogP contribution in [0.1, 0.15) is 32.1 Å². The molecular weight excluding hydrogens is 176 g/mol. The lowest BCUT2D eigenvalue weighted by Crippen LogP contribution is -2.17. The van der Waals surface area contributed by atoms with Gasteiger partial charge in [0.15, 0.2) is 0 Å². The van der Waals surface area contributed by atoms with Crippen LogP contribution in [0, 0.1) is 12.8 Å². The molecule has 1 saturated carbocycles. The van der Waals surface area contributed by atoms with Crippen molar-refractivity contribution in [1.82, 2.24) is 0 Å². The zero-order chi connectivity index (χ0) is 6.69. The maximum Gasteiger partial charge on any atom is 0.0174 e. The summed E-state index contributed by atoms with van der Waals surface area (Å²) in [5.41, 5.74) is 0. The molecule has 9 heavy (non-hydrogen) atoms. The molecule has 1 rings (SSSR count). The SMILES string of the molecule is [CH2]CC1CCCCC1Br. The Hall–Kier alpha value is 0.480. The molecule has 0 bridgehead atoms. The Morgan fingerprint density at radius 1 is 1.33 bits per heavy atom. The van der Waals surface area contributed by atoms with Crippen molar-refractivity contribution in [1.29, 1.82) is 0 Å². The Morgan fingerprint density at radius 2 is 2.00 bits per heavy atom. The third-order valence-corrected chi connectivity index (χ3v) is 3.39. The Bertz CT molecular complexity index is 80.6. The van der Waals surface area contributed by atoms with E-state index in [9.17, 15) is 0 Å². The highest BCUT2D eigenvalue weighted by atomic mass is 79.9. The number of rotatable bonds is 1. The van der Waals surface area contributed by atoms with Crippen molar-refractivity contribution >= 4 is 15.9 Å². The van der Waals surface area contributed by atoms with Crippen LogP contribution >= 0.6 is 15.9 Å². The van der Waals surface area contributed by atoms with E-state index in [0.717, 1.165) is 17.2 Å². The molecule has 0 amide bonds. The molecule has 53 valence electrons. The van der Waals surface area contributed by atoms with Crippen LogP contribution in [-0.4, -0.2) is 4.83 Å². The molecule has 1 heteroatoms. The van der Waals surface area contributed by atoms with E-state index < -0.39 is 0 Å². The summed E-state index contributed by atoms with van der Waals surface area (Å²) in [6.07, 6.45) is 6.68. The molecule has 0 N–H and O–H groups in total. The fourth-order valence-corrected chi connectivity index (χ4v) is 2.34. The zero-order valence-corrected chi connectivity index (χ0v) is 7.36. The van der Waals surface area contributed by atoms with E-state index in [1.54, 1.807) is 0 Å². The van der Waals surface area contributed by atoms with Gasteiger partial charge in [0, 0.05) is 4.83 Å². The summed E-state index contributed by atoms with van der Waals surface area (Å²) in [6.45, 7) is 3.93. The van der Waals surface area contributed by atoms with E-state index in [1.165, 1.54) is 25.7 Å². The average Bonchev–Trinajstić information content (AvgIpc) is 1.89. The molecule has 0 aromatic carbocycles. The third-order valence-electron chi connectivity index (χ3n) is 2.19. The van der Waals surface area contributed by atoms with Crippen LogP contribution < -0.4 is 0 Å². The van der Waals surface area contributed by atoms with Crippen LogP contribution in [0.4, 0.5) is 0 Å². The largest absolute Gasteiger partial charge is 0.0888 e. The zero-order valence-electron chi connectivity index (χ0n) is 5.78. The van der Waals surface area contributed by atoms with Gasteiger partial charge in [0.1, 0.15) is 0 Å². The van der Waals surface area contributed by atoms with Gasteiger partial charge in [-0.2, -0.15) is 0 Å². The summed E-state index contributed by atoms with van der Waals surface area (Å²) < 4.78 is 0. The molecule has 1 aliphatic rings. The second-order valence-electron chi connectivity index (χ2n) is 2.85. The Balaban J connectivity index is 2.30. The van der Waals surface area contributed by atoms with E-state index >= 15 is 0 Å². The van der Waals surface area contributed by atoms with Crippen molar-refractivity contribution in [3.8, 4) is 0 Å². The van der Waals surface area contributed by atoms with Crippen molar-refractivity contribution in [2.75, 3.05) is 0 Å². The molecule has 0 spiro atoms. The maximum atomic E-state index is 3.93. The number of hydrogen-bond donors (Lipinski definition) is 0. The molecule has 2 unspecified atom stereocenters. The first-order chi connectivity index (χ1) is 4.34. The molecule has 0 saturated heterocycles. The predicted octanol–water partition coefficient (Wildman–Crippen LogP) is 3.16. The molecule has 0 aliphatic heterocycles. The van der Waals surface area contributed by atoms with Crippen LogP contribution in [-0.2, 0) is 0 Å². The van der Waals surface area contributed by atoms with Crippen molar-refractivity contribution < 1.29 is 0 Å². The number of halogens is 1. The molecule has 1 fully saturated rings. The van der Waals surface area contributed by atoms with Gasteiger partial charge in [-0.1, -0.05) is 35.7 Å². The van der Waals surface area contributed by atoms with Gasteiger partial charge in [0.2, 0.25) is 0 Å². The summed E-state index contributed by atoms with van der Waals surface area (Å²) in [5, 5.41) is 0. The van der Waals surface area contributed by atoms with Crippen molar-refractivity contribution in [3.05, 3.63) is 6.92 Å². The number of alkyl halides is 1. The van der Waals surface area contributed by atoms with E-state index in [4.69, 9.17) is 0 Å². The molecule has 0 nitrogen and oxygen atoms in total. The monoisotopic (exact) mass is 189 g/mol. The summed E-state index contributed by atoms with van der Waals surface area (Å²) in [4.78, 5) is 0.767. The quantitative estimate of drug-likeness (QED) is 0.557. The second-order valence-corrected chi connectivity index (χ2v) is 4.03. The van der Waals surface area contributed by atoms with Crippen LogP contribution in [0.5, 0.6) is 0 Å². The molecule has 1 radical (unpaired) electrons. The summed E-state index contributed by atoms with van der Waals surface area (Å²) >= 11 is 3.67. The van der Waals surface area contributed by atoms with Gasteiger partial charge in [0.25, 0.3) is 0 Å². The Labute approximate surface area is 66.2 Å². The van der Waals surface area contributed by atoms with Crippen LogP contribution in [0.3, 0.4) is 0 Å². The molecule has 0 aromatic rings. The van der Waals surface area contributed by atoms with E-state index in [-0.39, 0.29) is 0 Å². The number of hydrogen-bond acceptors (Lipinski definition) is 0. The molecule has 0 heterocycles. The minimum Gasteiger partial charge on any atom is -0.0888 e. The van der Waals surface area contributed by atoms with Gasteiger partial charge < -0.3 is 0 Å². The second kappa shape index (κ2) is 3.60. The van der Waals surface area contributed by atoms with Gasteiger partial charge in [-0.15, -0.1) is 0 Å². The van der Waals surface area contributed by atoms with Gasteiger partial charge in [-0.25, -0.2) is 0 Å². The Kier molecular flexibility index (Phi) is 3.03. The highest BCUT2D eigenvalue weighted by molar-refractivity contribution is 9.09. The van der Waals surface area contributed by atoms with Gasteiger partial charge >= 0.3 is 0 Å². The van der Waals surface area contributed by atoms with Crippen LogP contribution in [0.15, 0.2) is 0 Å². The minimum absolute atomic E-state index is 0.767. The summed E-state index contributed by atoms with van der Waals surface area (Å²) in [7, 11) is 0. The van der Waals surface area contributed by atoms with Gasteiger partial charge in [-0.3, -0.25) is 0 Å². The fourth-order valence-electron chi connectivity index (χ4n) is 1.49. The molecule has 0 aromatic heterocycles. The van der Waals surface area contributed by atoms with E-state index in [0.29, 0.717) is 0 Å². The lowest BCUT2D eigenvalue weighted by atomic mass is 9.87. The first-order valence-corrected chi connectivity index (χ1v) is 4.69. The smallest absolute Gasteiger partial charge is 0.0174 e. The van der Waals surface area contributed by atoms with E-state index in [1.807, 2.05) is 0 Å². The van der Waals surface area contributed by atoms with Gasteiger partial charge in [0.05, 0.1) is 0 Å². The highest BCUT2D eigenvalue weighted by Gasteiger charge is 2.20. The first-order valence-electron chi connectivity index (χ1n) is 3.78. The predicted molar refractivity (Wildman–Crippen MR) is 44.6 cm³/mol. The average molecular weight is 190 g/mol. The molecular formula is C8H14Br. The van der Waals surface area contributed by atoms with Gasteiger partial charge in [-0.05, 0) is 25.2 Å². The lowest BCUT2D eigenvalue weighted by molar-refractivity contribution is 0.377. The van der Waals surface area contributed by atoms with Crippen molar-refractivity contribution in [2.45, 2.75) is 36.9 Å².